The highest BCUT2D eigenvalue weighted by Crippen LogP contribution is 2.39. The lowest BCUT2D eigenvalue weighted by atomic mass is 9.81. The molecule has 14 heteroatoms. The average molecular weight is 837 g/mol. The summed E-state index contributed by atoms with van der Waals surface area (Å²) in [4.78, 5) is 57.7. The van der Waals surface area contributed by atoms with E-state index in [1.165, 1.54) is 19.1 Å². The fourth-order valence-electron chi connectivity index (χ4n) is 9.64. The van der Waals surface area contributed by atoms with Crippen molar-refractivity contribution in [1.29, 1.82) is 0 Å². The second-order valence-electron chi connectivity index (χ2n) is 18.1. The molecule has 0 radical (unpaired) electrons. The van der Waals surface area contributed by atoms with Crippen molar-refractivity contribution in [1.82, 2.24) is 10.2 Å². The molecule has 4 rings (SSSR count). The van der Waals surface area contributed by atoms with Crippen molar-refractivity contribution in [3.8, 4) is 0 Å². The monoisotopic (exact) mass is 837 g/mol. The van der Waals surface area contributed by atoms with Crippen LogP contribution in [0.2, 0.25) is 0 Å². The topological polar surface area (TPSA) is 181 Å². The van der Waals surface area contributed by atoms with Crippen LogP contribution in [0.3, 0.4) is 0 Å². The molecule has 1 saturated carbocycles. The van der Waals surface area contributed by atoms with Gasteiger partial charge in [-0.05, 0) is 114 Å². The summed E-state index contributed by atoms with van der Waals surface area (Å²) >= 11 is 0. The number of alkyl halides is 1. The average Bonchev–Trinajstić information content (AvgIpc) is 3.21. The summed E-state index contributed by atoms with van der Waals surface area (Å²) in [5.41, 5.74) is 1.15. The molecule has 15 atom stereocenters. The van der Waals surface area contributed by atoms with E-state index < -0.39 is 90.0 Å². The number of nitrogens with zero attached hydrogens (tertiary/aromatic N) is 1. The second-order valence-corrected chi connectivity index (χ2v) is 18.1. The number of hydrogen-bond donors (Lipinski definition) is 4. The van der Waals surface area contributed by atoms with E-state index in [1.807, 2.05) is 26.8 Å². The normalized spacial score (nSPS) is 40.6. The zero-order valence-corrected chi connectivity index (χ0v) is 36.9. The predicted molar refractivity (Wildman–Crippen MR) is 220 cm³/mol. The minimum atomic E-state index is -2.58. The van der Waals surface area contributed by atoms with Crippen LogP contribution in [-0.2, 0) is 38.1 Å². The summed E-state index contributed by atoms with van der Waals surface area (Å²) in [6.07, 6.45) is 2.33. The van der Waals surface area contributed by atoms with Crippen LogP contribution in [0, 0.1) is 29.6 Å². The first-order chi connectivity index (χ1) is 27.9. The summed E-state index contributed by atoms with van der Waals surface area (Å²) in [5.74, 6) is -7.97. The number of allylic oxidation sites excluding steroid dienone is 3. The second kappa shape index (κ2) is 22.0. The Bertz CT molecular complexity index is 1510. The van der Waals surface area contributed by atoms with E-state index in [1.54, 1.807) is 33.8 Å². The quantitative estimate of drug-likeness (QED) is 0.150. The van der Waals surface area contributed by atoms with Gasteiger partial charge >= 0.3 is 5.97 Å². The molecule has 4 N–H and O–H groups in total. The van der Waals surface area contributed by atoms with Gasteiger partial charge in [-0.3, -0.25) is 14.4 Å². The Morgan fingerprint density at radius 2 is 1.71 bits per heavy atom. The van der Waals surface area contributed by atoms with E-state index in [0.717, 1.165) is 12.0 Å². The lowest BCUT2D eigenvalue weighted by Gasteiger charge is -2.47. The highest BCUT2D eigenvalue weighted by molar-refractivity contribution is 6.39. The van der Waals surface area contributed by atoms with Gasteiger partial charge in [0, 0.05) is 51.6 Å². The number of aliphatic hydroxyl groups is 3. The predicted octanol–water partition coefficient (Wildman–Crippen LogP) is 4.77. The molecule has 15 unspecified atom stereocenters. The Balaban J connectivity index is 1.72. The standard InChI is InChI=1S/C45H73FN2O11/c1-10-32-20-26(3)39(46)27(4)21-37(56-8)41-38(57-9)22-29(6)45(55,59-41)42(52)43(53)48-18-12-11-13-34(48)44(54)58-40(25(2)14-17-35(32)50)28(5)19-31-15-16-33(36(51)23-31)47-24-30(7)49/h19-20,25,27,29-34,36-41,47,49,51,55H,10-18,21-24H2,1-9H3/b26-20+,28-19?. The highest BCUT2D eigenvalue weighted by atomic mass is 19.1. The Morgan fingerprint density at radius 3 is 2.34 bits per heavy atom. The van der Waals surface area contributed by atoms with Gasteiger partial charge in [0.25, 0.3) is 11.7 Å². The van der Waals surface area contributed by atoms with Gasteiger partial charge in [0.1, 0.15) is 30.2 Å². The van der Waals surface area contributed by atoms with E-state index >= 15 is 4.39 Å². The van der Waals surface area contributed by atoms with E-state index in [2.05, 4.69) is 5.32 Å². The molecule has 3 heterocycles. The Kier molecular flexibility index (Phi) is 18.3. The molecule has 13 nitrogen and oxygen atoms in total. The van der Waals surface area contributed by atoms with E-state index in [-0.39, 0.29) is 55.9 Å². The number of esters is 1. The molecule has 2 bridgehead atoms. The van der Waals surface area contributed by atoms with Crippen LogP contribution < -0.4 is 5.32 Å². The van der Waals surface area contributed by atoms with E-state index in [9.17, 15) is 34.5 Å². The maximum atomic E-state index is 16.2. The number of aliphatic hydroxyl groups excluding tert-OH is 2. The van der Waals surface area contributed by atoms with E-state index in [0.29, 0.717) is 50.6 Å². The third-order valence-corrected chi connectivity index (χ3v) is 13.4. The first-order valence-electron chi connectivity index (χ1n) is 22.0. The molecular formula is C45H73FN2O11. The number of rotatable bonds is 8. The van der Waals surface area contributed by atoms with Gasteiger partial charge in [-0.25, -0.2) is 9.18 Å². The number of piperidine rings is 1. The van der Waals surface area contributed by atoms with Crippen molar-refractivity contribution in [2.45, 2.75) is 180 Å². The number of nitrogens with one attached hydrogen (secondary N) is 1. The number of ketones is 2. The van der Waals surface area contributed by atoms with Gasteiger partial charge in [0.2, 0.25) is 5.79 Å². The van der Waals surface area contributed by atoms with Crippen LogP contribution in [-0.4, -0.2) is 132 Å². The fraction of sp³-hybridized carbons (Fsp3) is 0.822. The molecule has 1 amide bonds. The number of carbonyl (C=O) groups excluding carboxylic acids is 4. The van der Waals surface area contributed by atoms with E-state index in [4.69, 9.17) is 18.9 Å². The minimum absolute atomic E-state index is 0.0243. The zero-order chi connectivity index (χ0) is 43.8. The minimum Gasteiger partial charge on any atom is -0.456 e. The molecule has 0 aromatic carbocycles. The number of fused-ring (bicyclic) bond motifs is 3. The summed E-state index contributed by atoms with van der Waals surface area (Å²) in [6, 6.07) is -1.26. The maximum Gasteiger partial charge on any atom is 0.329 e. The van der Waals surface area contributed by atoms with Crippen LogP contribution in [0.25, 0.3) is 0 Å². The maximum absolute atomic E-state index is 16.2. The molecule has 2 saturated heterocycles. The number of cyclic esters (lactones) is 1. The van der Waals surface area contributed by atoms with Gasteiger partial charge in [0.15, 0.2) is 0 Å². The highest BCUT2D eigenvalue weighted by Gasteiger charge is 2.56. The van der Waals surface area contributed by atoms with Crippen molar-refractivity contribution < 1.29 is 57.8 Å². The van der Waals surface area contributed by atoms with Crippen molar-refractivity contribution >= 4 is 23.4 Å². The third kappa shape index (κ3) is 12.1. The molecule has 0 spiro atoms. The van der Waals surface area contributed by atoms with Crippen LogP contribution in [0.4, 0.5) is 4.39 Å². The number of hydrogen-bond acceptors (Lipinski definition) is 12. The Morgan fingerprint density at radius 1 is 1.03 bits per heavy atom. The van der Waals surface area contributed by atoms with Gasteiger partial charge < -0.3 is 44.5 Å². The van der Waals surface area contributed by atoms with Crippen LogP contribution in [0.15, 0.2) is 23.3 Å². The lowest BCUT2D eigenvalue weighted by Crippen LogP contribution is -2.64. The number of carbonyl (C=O) groups is 4. The molecule has 336 valence electrons. The van der Waals surface area contributed by atoms with Gasteiger partial charge in [-0.2, -0.15) is 0 Å². The molecule has 4 aliphatic rings. The molecule has 0 aromatic heterocycles. The molecule has 3 fully saturated rings. The van der Waals surface area contributed by atoms with Gasteiger partial charge in [-0.1, -0.05) is 39.8 Å². The largest absolute Gasteiger partial charge is 0.456 e. The summed E-state index contributed by atoms with van der Waals surface area (Å²) in [7, 11) is 2.91. The summed E-state index contributed by atoms with van der Waals surface area (Å²) in [5, 5.41) is 36.0. The first-order valence-corrected chi connectivity index (χ1v) is 22.0. The smallest absolute Gasteiger partial charge is 0.329 e. The number of amides is 1. The lowest BCUT2D eigenvalue weighted by molar-refractivity contribution is -0.302. The number of methoxy groups -OCH3 is 2. The first kappa shape index (κ1) is 49.1. The van der Waals surface area contributed by atoms with Crippen LogP contribution >= 0.6 is 0 Å². The van der Waals surface area contributed by atoms with Crippen molar-refractivity contribution in [3.05, 3.63) is 23.3 Å². The SMILES string of the molecule is CCC1/C=C(\C)C(F)C(C)CC(OC)C2OC(O)(C(=O)C(=O)N3CCCCC3C(=O)OC(C(C)=CC3CCC(NCC(C)O)C(O)C3)C(C)CCC1=O)C(C)CC2OC. The number of ether oxygens (including phenoxy) is 4. The molecule has 0 aromatic rings. The molecule has 1 aliphatic carbocycles. The fourth-order valence-corrected chi connectivity index (χ4v) is 9.64. The van der Waals surface area contributed by atoms with Crippen molar-refractivity contribution in [2.24, 2.45) is 29.6 Å². The molecule has 59 heavy (non-hydrogen) atoms. The third-order valence-electron chi connectivity index (χ3n) is 13.4. The van der Waals surface area contributed by atoms with Crippen molar-refractivity contribution in [2.75, 3.05) is 27.3 Å². The molecular weight excluding hydrogens is 763 g/mol. The number of halogens is 1. The Hall–Kier alpha value is -2.59. The van der Waals surface area contributed by atoms with Crippen LogP contribution in [0.1, 0.15) is 119 Å². The number of Topliss-reactive ketones (excluding diaryl/α,β-unsaturated/α-hetero) is 2. The van der Waals surface area contributed by atoms with Crippen molar-refractivity contribution in [3.63, 3.8) is 0 Å². The Labute approximate surface area is 350 Å². The summed E-state index contributed by atoms with van der Waals surface area (Å²) < 4.78 is 40.3. The summed E-state index contributed by atoms with van der Waals surface area (Å²) in [6.45, 7) is 12.8. The van der Waals surface area contributed by atoms with Gasteiger partial charge in [0.05, 0.1) is 24.4 Å². The molecule has 3 aliphatic heterocycles. The van der Waals surface area contributed by atoms with Gasteiger partial charge in [-0.15, -0.1) is 0 Å². The van der Waals surface area contributed by atoms with Crippen LogP contribution in [0.5, 0.6) is 0 Å². The zero-order valence-electron chi connectivity index (χ0n) is 36.9.